The smallest absolute Gasteiger partial charge is 0.329 e. The molecule has 0 unspecified atom stereocenters. The first kappa shape index (κ1) is 16.0. The number of likely N-dealkylation sites (tertiary alicyclic amines) is 1. The number of carbonyl (C=O) groups is 2. The third-order valence-corrected chi connectivity index (χ3v) is 3.96. The number of carboxylic acids is 1. The van der Waals surface area contributed by atoms with E-state index in [4.69, 9.17) is 9.84 Å². The summed E-state index contributed by atoms with van der Waals surface area (Å²) in [6.45, 7) is 2.42. The van der Waals surface area contributed by atoms with Crippen LogP contribution >= 0.6 is 15.9 Å². The molecule has 0 aliphatic carbocycles. The highest BCUT2D eigenvalue weighted by molar-refractivity contribution is 9.10. The van der Waals surface area contributed by atoms with Crippen LogP contribution < -0.4 is 0 Å². The third-order valence-electron chi connectivity index (χ3n) is 3.46. The summed E-state index contributed by atoms with van der Waals surface area (Å²) in [6.07, 6.45) is 1.15. The monoisotopic (exact) mass is 355 g/mol. The van der Waals surface area contributed by atoms with Crippen molar-refractivity contribution < 1.29 is 19.4 Å². The van der Waals surface area contributed by atoms with Crippen LogP contribution in [0, 0.1) is 0 Å². The van der Waals surface area contributed by atoms with Gasteiger partial charge in [0.2, 0.25) is 5.91 Å². The maximum atomic E-state index is 12.1. The quantitative estimate of drug-likeness (QED) is 0.848. The predicted octanol–water partition coefficient (Wildman–Crippen LogP) is 2.08. The van der Waals surface area contributed by atoms with E-state index in [1.807, 2.05) is 31.2 Å². The number of halogens is 1. The number of nitrogens with zero attached hydrogens (tertiary/aromatic N) is 1. The zero-order chi connectivity index (χ0) is 15.5. The summed E-state index contributed by atoms with van der Waals surface area (Å²) in [7, 11) is 0. The Bertz CT molecular complexity index is 540. The Balaban J connectivity index is 1.75. The number of amides is 1. The first-order chi connectivity index (χ1) is 9.88. The zero-order valence-corrected chi connectivity index (χ0v) is 13.4. The van der Waals surface area contributed by atoms with Crippen LogP contribution in [0.2, 0.25) is 0 Å². The second kappa shape index (κ2) is 6.58. The lowest BCUT2D eigenvalue weighted by Gasteiger charge is -2.47. The Labute approximate surface area is 132 Å². The van der Waals surface area contributed by atoms with E-state index < -0.39 is 11.6 Å². The van der Waals surface area contributed by atoms with Gasteiger partial charge in [0.1, 0.15) is 12.2 Å². The Morgan fingerprint density at radius 2 is 2.14 bits per heavy atom. The Hall–Kier alpha value is -1.40. The molecule has 1 amide bonds. The van der Waals surface area contributed by atoms with Crippen molar-refractivity contribution in [1.29, 1.82) is 0 Å². The average Bonchev–Trinajstić information content (AvgIpc) is 2.39. The Kier molecular flexibility index (Phi) is 5.00. The van der Waals surface area contributed by atoms with Crippen LogP contribution in [0.15, 0.2) is 28.7 Å². The predicted molar refractivity (Wildman–Crippen MR) is 81.0 cm³/mol. The van der Waals surface area contributed by atoms with Crippen molar-refractivity contribution in [3.8, 4) is 0 Å². The average molecular weight is 356 g/mol. The summed E-state index contributed by atoms with van der Waals surface area (Å²) in [5.41, 5.74) is 0.590. The lowest BCUT2D eigenvalue weighted by atomic mass is 9.95. The largest absolute Gasteiger partial charge is 0.480 e. The van der Waals surface area contributed by atoms with Gasteiger partial charge in [-0.05, 0) is 31.0 Å². The van der Waals surface area contributed by atoms with E-state index in [0.29, 0.717) is 25.9 Å². The number of benzene rings is 1. The topological polar surface area (TPSA) is 66.8 Å². The molecule has 1 aliphatic rings. The van der Waals surface area contributed by atoms with E-state index in [1.54, 1.807) is 4.90 Å². The zero-order valence-electron chi connectivity index (χ0n) is 11.8. The van der Waals surface area contributed by atoms with Gasteiger partial charge < -0.3 is 14.7 Å². The minimum Gasteiger partial charge on any atom is -0.480 e. The molecule has 1 aromatic carbocycles. The van der Waals surface area contributed by atoms with Crippen molar-refractivity contribution in [1.82, 2.24) is 4.90 Å². The summed E-state index contributed by atoms with van der Waals surface area (Å²) in [6, 6.07) is 7.90. The number of carboxylic acid groups (broad SMARTS) is 1. The molecule has 6 heteroatoms. The van der Waals surface area contributed by atoms with Crippen LogP contribution in [0.1, 0.15) is 18.9 Å². The van der Waals surface area contributed by atoms with Crippen molar-refractivity contribution in [3.63, 3.8) is 0 Å². The molecule has 5 nitrogen and oxygen atoms in total. The van der Waals surface area contributed by atoms with Crippen LogP contribution in [-0.2, 0) is 20.7 Å². The second-order valence-electron chi connectivity index (χ2n) is 5.51. The van der Waals surface area contributed by atoms with Gasteiger partial charge in [-0.1, -0.05) is 28.1 Å². The number of rotatable bonds is 6. The first-order valence-electron chi connectivity index (χ1n) is 6.76. The molecule has 1 saturated heterocycles. The third kappa shape index (κ3) is 4.54. The van der Waals surface area contributed by atoms with E-state index >= 15 is 0 Å². The van der Waals surface area contributed by atoms with Gasteiger partial charge in [0, 0.05) is 10.9 Å². The first-order valence-corrected chi connectivity index (χ1v) is 7.55. The fourth-order valence-electron chi connectivity index (χ4n) is 2.37. The normalized spacial score (nSPS) is 16.4. The molecule has 1 aliphatic heterocycles. The number of hydrogen-bond acceptors (Lipinski definition) is 3. The molecule has 0 bridgehead atoms. The van der Waals surface area contributed by atoms with Crippen LogP contribution in [0.4, 0.5) is 0 Å². The lowest BCUT2D eigenvalue weighted by Crippen LogP contribution is -2.63. The molecule has 2 rings (SSSR count). The SMILES string of the molecule is CC1(OCC(=O)O)CN(C(=O)CCc2cccc(Br)c2)C1. The molecule has 114 valence electrons. The van der Waals surface area contributed by atoms with Gasteiger partial charge in [0.15, 0.2) is 0 Å². The molecular weight excluding hydrogens is 338 g/mol. The molecule has 1 fully saturated rings. The van der Waals surface area contributed by atoms with Gasteiger partial charge in [0.25, 0.3) is 0 Å². The molecule has 0 spiro atoms. The van der Waals surface area contributed by atoms with Crippen molar-refractivity contribution in [3.05, 3.63) is 34.3 Å². The highest BCUT2D eigenvalue weighted by atomic mass is 79.9. The van der Waals surface area contributed by atoms with Gasteiger partial charge in [-0.3, -0.25) is 4.79 Å². The minimum atomic E-state index is -0.990. The highest BCUT2D eigenvalue weighted by Gasteiger charge is 2.42. The van der Waals surface area contributed by atoms with Crippen LogP contribution in [0.3, 0.4) is 0 Å². The summed E-state index contributed by atoms with van der Waals surface area (Å²) in [5.74, 6) is -0.915. The summed E-state index contributed by atoms with van der Waals surface area (Å²) in [4.78, 5) is 24.2. The van der Waals surface area contributed by atoms with Gasteiger partial charge in [0.05, 0.1) is 13.1 Å². The maximum absolute atomic E-state index is 12.1. The molecule has 0 atom stereocenters. The molecule has 0 saturated carbocycles. The molecule has 21 heavy (non-hydrogen) atoms. The number of aliphatic carboxylic acids is 1. The van der Waals surface area contributed by atoms with E-state index in [0.717, 1.165) is 10.0 Å². The van der Waals surface area contributed by atoms with Gasteiger partial charge in [-0.2, -0.15) is 0 Å². The summed E-state index contributed by atoms with van der Waals surface area (Å²) in [5, 5.41) is 8.59. The number of ether oxygens (including phenoxy) is 1. The van der Waals surface area contributed by atoms with Gasteiger partial charge >= 0.3 is 5.97 Å². The van der Waals surface area contributed by atoms with Crippen molar-refractivity contribution >= 4 is 27.8 Å². The number of carbonyl (C=O) groups excluding carboxylic acids is 1. The molecule has 1 N–H and O–H groups in total. The standard InChI is InChI=1S/C15H18BrNO4/c1-15(21-8-14(19)20)9-17(10-15)13(18)6-5-11-3-2-4-12(16)7-11/h2-4,7H,5-6,8-10H2,1H3,(H,19,20). The molecule has 0 aromatic heterocycles. The van der Waals surface area contributed by atoms with Crippen molar-refractivity contribution in [2.24, 2.45) is 0 Å². The molecule has 1 heterocycles. The Morgan fingerprint density at radius 1 is 1.43 bits per heavy atom. The van der Waals surface area contributed by atoms with E-state index in [-0.39, 0.29) is 12.5 Å². The minimum absolute atomic E-state index is 0.0753. The van der Waals surface area contributed by atoms with E-state index in [2.05, 4.69) is 15.9 Å². The number of aryl methyl sites for hydroxylation is 1. The number of hydrogen-bond donors (Lipinski definition) is 1. The van der Waals surface area contributed by atoms with Crippen LogP contribution in [0.25, 0.3) is 0 Å². The van der Waals surface area contributed by atoms with Gasteiger partial charge in [-0.25, -0.2) is 4.79 Å². The fourth-order valence-corrected chi connectivity index (χ4v) is 2.81. The van der Waals surface area contributed by atoms with Crippen molar-refractivity contribution in [2.45, 2.75) is 25.4 Å². The summed E-state index contributed by atoms with van der Waals surface area (Å²) >= 11 is 3.41. The summed E-state index contributed by atoms with van der Waals surface area (Å²) < 4.78 is 6.29. The highest BCUT2D eigenvalue weighted by Crippen LogP contribution is 2.25. The Morgan fingerprint density at radius 3 is 2.76 bits per heavy atom. The van der Waals surface area contributed by atoms with Crippen molar-refractivity contribution in [2.75, 3.05) is 19.7 Å². The van der Waals surface area contributed by atoms with E-state index in [9.17, 15) is 9.59 Å². The van der Waals surface area contributed by atoms with Gasteiger partial charge in [-0.15, -0.1) is 0 Å². The van der Waals surface area contributed by atoms with Crippen LogP contribution in [-0.4, -0.2) is 47.2 Å². The maximum Gasteiger partial charge on any atom is 0.329 e. The molecular formula is C15H18BrNO4. The molecule has 1 aromatic rings. The second-order valence-corrected chi connectivity index (χ2v) is 6.43. The lowest BCUT2D eigenvalue weighted by molar-refractivity contribution is -0.173. The fraction of sp³-hybridized carbons (Fsp3) is 0.467. The van der Waals surface area contributed by atoms with E-state index in [1.165, 1.54) is 0 Å². The van der Waals surface area contributed by atoms with Crippen LogP contribution in [0.5, 0.6) is 0 Å². The molecule has 0 radical (unpaired) electrons.